The van der Waals surface area contributed by atoms with Gasteiger partial charge in [-0.25, -0.2) is 0 Å². The predicted molar refractivity (Wildman–Crippen MR) is 164 cm³/mol. The van der Waals surface area contributed by atoms with Gasteiger partial charge in [0, 0.05) is 47.6 Å². The molecule has 0 aliphatic carbocycles. The molecule has 0 bridgehead atoms. The molecule has 1 aliphatic rings. The van der Waals surface area contributed by atoms with Crippen molar-refractivity contribution in [3.8, 4) is 17.0 Å². The molecule has 2 aromatic heterocycles. The van der Waals surface area contributed by atoms with E-state index in [1.807, 2.05) is 60.2 Å². The third-order valence-corrected chi connectivity index (χ3v) is 8.77. The Morgan fingerprint density at radius 2 is 1.81 bits per heavy atom. The summed E-state index contributed by atoms with van der Waals surface area (Å²) in [6.07, 6.45) is 6.37. The van der Waals surface area contributed by atoms with E-state index in [1.165, 1.54) is 0 Å². The predicted octanol–water partition coefficient (Wildman–Crippen LogP) is 5.46. The highest BCUT2D eigenvalue weighted by molar-refractivity contribution is 7.86. The lowest BCUT2D eigenvalue weighted by Crippen LogP contribution is -2.36. The minimum Gasteiger partial charge on any atom is -0.439 e. The molecule has 0 atom stereocenters. The molecule has 2 aromatic carbocycles. The molecule has 0 unspecified atom stereocenters. The van der Waals surface area contributed by atoms with Gasteiger partial charge in [0.2, 0.25) is 11.5 Å². The Kier molecular flexibility index (Phi) is 8.99. The van der Waals surface area contributed by atoms with Crippen LogP contribution in [-0.4, -0.2) is 49.0 Å². The SMILES string of the molecule is CCC(/C=C1\Oc2ccc(Cl)cc2N1CCCS(=O)(=O)O)=C\c1oc2ccc(-c3ccc[nH]3)cc2[n+]1CCCS(=O)(=O)O. The highest BCUT2D eigenvalue weighted by Gasteiger charge is 2.28. The molecule has 0 radical (unpaired) electrons. The number of oxazole rings is 1. The first-order valence-corrected chi connectivity index (χ1v) is 17.2. The Balaban J connectivity index is 1.53. The summed E-state index contributed by atoms with van der Waals surface area (Å²) in [4.78, 5) is 4.98. The quantitative estimate of drug-likeness (QED) is 0.134. The van der Waals surface area contributed by atoms with Crippen molar-refractivity contribution in [3.05, 3.63) is 83.2 Å². The Bertz CT molecular complexity index is 1910. The number of allylic oxidation sites excluding steroid dienone is 2. The van der Waals surface area contributed by atoms with Gasteiger partial charge in [0.15, 0.2) is 12.3 Å². The zero-order chi connectivity index (χ0) is 30.8. The smallest absolute Gasteiger partial charge is 0.374 e. The fraction of sp³-hybridized carbons (Fsp3) is 0.276. The minimum absolute atomic E-state index is 0.150. The lowest BCUT2D eigenvalue weighted by molar-refractivity contribution is -0.677. The van der Waals surface area contributed by atoms with E-state index >= 15 is 0 Å². The normalized spacial score (nSPS) is 14.9. The summed E-state index contributed by atoms with van der Waals surface area (Å²) in [6, 6.07) is 14.7. The summed E-state index contributed by atoms with van der Waals surface area (Å²) in [6.45, 7) is 2.47. The standard InChI is InChI=1S/C29H30ClN3O8S2/c1-2-20(17-29-33(13-5-15-43(37,38)39)25-19-22(30)8-10-27(25)41-29)16-28-32(12-4-14-42(34,35)36)24-18-21(7-9-26(24)40-28)23-6-3-11-31-23/h3,6-11,16-19,31H,2,4-5,12-15H2,1H3,(H-,34,35,36,37,38,39)/p+1. The van der Waals surface area contributed by atoms with Crippen LogP contribution in [0.15, 0.2) is 76.7 Å². The van der Waals surface area contributed by atoms with Gasteiger partial charge >= 0.3 is 5.89 Å². The van der Waals surface area contributed by atoms with Gasteiger partial charge in [-0.1, -0.05) is 18.5 Å². The Labute approximate surface area is 254 Å². The molecule has 0 fully saturated rings. The summed E-state index contributed by atoms with van der Waals surface area (Å²) < 4.78 is 78.3. The van der Waals surface area contributed by atoms with E-state index < -0.39 is 31.7 Å². The van der Waals surface area contributed by atoms with Crippen LogP contribution in [0.5, 0.6) is 5.75 Å². The average Bonchev–Trinajstić information content (AvgIpc) is 3.65. The number of hydrogen-bond donors (Lipinski definition) is 3. The van der Waals surface area contributed by atoms with E-state index in [4.69, 9.17) is 20.8 Å². The third kappa shape index (κ3) is 7.67. The van der Waals surface area contributed by atoms with Gasteiger partial charge in [0.1, 0.15) is 0 Å². The molecule has 14 heteroatoms. The van der Waals surface area contributed by atoms with E-state index in [-0.39, 0.29) is 25.9 Å². The molecule has 1 aliphatic heterocycles. The molecule has 43 heavy (non-hydrogen) atoms. The molecule has 0 spiro atoms. The summed E-state index contributed by atoms with van der Waals surface area (Å²) in [7, 11) is -8.28. The highest BCUT2D eigenvalue weighted by atomic mass is 35.5. The van der Waals surface area contributed by atoms with Gasteiger partial charge in [-0.05, 0) is 60.9 Å². The van der Waals surface area contributed by atoms with Crippen LogP contribution in [0.3, 0.4) is 0 Å². The fourth-order valence-corrected chi connectivity index (χ4v) is 6.06. The van der Waals surface area contributed by atoms with Crippen molar-refractivity contribution in [3.63, 3.8) is 0 Å². The van der Waals surface area contributed by atoms with Crippen molar-refractivity contribution in [2.75, 3.05) is 23.0 Å². The summed E-state index contributed by atoms with van der Waals surface area (Å²) in [5, 5.41) is 0.488. The number of aromatic nitrogens is 2. The molecule has 3 heterocycles. The van der Waals surface area contributed by atoms with Crippen molar-refractivity contribution in [2.45, 2.75) is 32.7 Å². The number of hydrogen-bond acceptors (Lipinski definition) is 7. The largest absolute Gasteiger partial charge is 0.439 e. The molecule has 0 saturated heterocycles. The molecule has 228 valence electrons. The van der Waals surface area contributed by atoms with Gasteiger partial charge in [-0.15, -0.1) is 0 Å². The number of ether oxygens (including phenoxy) is 1. The first-order chi connectivity index (χ1) is 20.4. The van der Waals surface area contributed by atoms with Gasteiger partial charge in [-0.2, -0.15) is 21.4 Å². The number of nitrogens with one attached hydrogen (secondary N) is 1. The van der Waals surface area contributed by atoms with Crippen LogP contribution in [0, 0.1) is 0 Å². The monoisotopic (exact) mass is 648 g/mol. The summed E-state index contributed by atoms with van der Waals surface area (Å²) in [5.41, 5.74) is 4.67. The number of aromatic amines is 1. The number of benzene rings is 2. The van der Waals surface area contributed by atoms with Crippen LogP contribution < -0.4 is 14.2 Å². The highest BCUT2D eigenvalue weighted by Crippen LogP contribution is 2.41. The number of halogens is 1. The van der Waals surface area contributed by atoms with Crippen LogP contribution in [0.4, 0.5) is 5.69 Å². The second-order valence-corrected chi connectivity index (χ2v) is 13.6. The number of fused-ring (bicyclic) bond motifs is 2. The van der Waals surface area contributed by atoms with E-state index in [0.29, 0.717) is 40.2 Å². The van der Waals surface area contributed by atoms with Crippen molar-refractivity contribution >= 4 is 54.7 Å². The van der Waals surface area contributed by atoms with Crippen LogP contribution in [-0.2, 0) is 26.8 Å². The van der Waals surface area contributed by atoms with Crippen LogP contribution in [0.2, 0.25) is 5.02 Å². The number of anilines is 1. The van der Waals surface area contributed by atoms with Crippen molar-refractivity contribution in [2.24, 2.45) is 0 Å². The molecular weight excluding hydrogens is 618 g/mol. The van der Waals surface area contributed by atoms with Crippen molar-refractivity contribution in [1.82, 2.24) is 4.98 Å². The maximum atomic E-state index is 11.4. The Hall–Kier alpha value is -3.62. The summed E-state index contributed by atoms with van der Waals surface area (Å²) in [5.74, 6) is 0.668. The van der Waals surface area contributed by atoms with E-state index in [1.54, 1.807) is 23.1 Å². The number of H-pyrrole nitrogens is 1. The minimum atomic E-state index is -4.14. The fourth-order valence-electron chi connectivity index (χ4n) is 4.90. The van der Waals surface area contributed by atoms with Gasteiger partial charge in [0.05, 0.1) is 23.3 Å². The Morgan fingerprint density at radius 3 is 2.51 bits per heavy atom. The first kappa shape index (κ1) is 30.8. The van der Waals surface area contributed by atoms with Crippen LogP contribution in [0.1, 0.15) is 32.1 Å². The van der Waals surface area contributed by atoms with Gasteiger partial charge < -0.3 is 19.0 Å². The molecule has 3 N–H and O–H groups in total. The van der Waals surface area contributed by atoms with E-state index in [9.17, 15) is 25.9 Å². The van der Waals surface area contributed by atoms with Crippen molar-refractivity contribution in [1.29, 1.82) is 0 Å². The average molecular weight is 649 g/mol. The first-order valence-electron chi connectivity index (χ1n) is 13.6. The van der Waals surface area contributed by atoms with Gasteiger partial charge in [0.25, 0.3) is 25.8 Å². The van der Waals surface area contributed by atoms with Crippen molar-refractivity contribution < 1.29 is 39.7 Å². The Morgan fingerprint density at radius 1 is 1.05 bits per heavy atom. The molecular formula is C29H31ClN3O8S2+. The van der Waals surface area contributed by atoms with Crippen LogP contribution in [0.25, 0.3) is 28.4 Å². The zero-order valence-electron chi connectivity index (χ0n) is 23.2. The second-order valence-electron chi connectivity index (χ2n) is 10.1. The third-order valence-electron chi connectivity index (χ3n) is 6.93. The van der Waals surface area contributed by atoms with E-state index in [2.05, 4.69) is 4.98 Å². The lowest BCUT2D eigenvalue weighted by Gasteiger charge is -2.18. The molecule has 0 saturated carbocycles. The maximum absolute atomic E-state index is 11.4. The molecule has 5 rings (SSSR count). The summed E-state index contributed by atoms with van der Waals surface area (Å²) >= 11 is 6.23. The van der Waals surface area contributed by atoms with Gasteiger partial charge in [-0.3, -0.25) is 9.11 Å². The topological polar surface area (TPSA) is 154 Å². The molecule has 11 nitrogen and oxygen atoms in total. The number of rotatable bonds is 12. The maximum Gasteiger partial charge on any atom is 0.374 e. The second kappa shape index (κ2) is 12.5. The number of aryl methyl sites for hydroxylation is 1. The molecule has 4 aromatic rings. The molecule has 0 amide bonds. The van der Waals surface area contributed by atoms with E-state index in [0.717, 1.165) is 22.3 Å². The van der Waals surface area contributed by atoms with Crippen LogP contribution >= 0.6 is 11.6 Å². The number of nitrogens with zero attached hydrogens (tertiary/aromatic N) is 2. The zero-order valence-corrected chi connectivity index (χ0v) is 25.6. The lowest BCUT2D eigenvalue weighted by atomic mass is 10.1.